The number of rotatable bonds is 12. The molecule has 4 rings (SSSR count). The Morgan fingerprint density at radius 3 is 1.60 bits per heavy atom. The molecule has 0 heterocycles. The van der Waals surface area contributed by atoms with E-state index in [2.05, 4.69) is 127 Å². The summed E-state index contributed by atoms with van der Waals surface area (Å²) < 4.78 is 0. The van der Waals surface area contributed by atoms with Gasteiger partial charge in [-0.25, -0.2) is 0 Å². The van der Waals surface area contributed by atoms with Gasteiger partial charge in [-0.1, -0.05) is 124 Å². The van der Waals surface area contributed by atoms with Crippen molar-refractivity contribution in [1.29, 1.82) is 0 Å². The summed E-state index contributed by atoms with van der Waals surface area (Å²) in [6.07, 6.45) is 13.5. The number of hydrogen-bond donors (Lipinski definition) is 0. The predicted molar refractivity (Wildman–Crippen MR) is 154 cm³/mol. The van der Waals surface area contributed by atoms with Crippen LogP contribution in [0, 0.1) is 0 Å². The maximum absolute atomic E-state index is 2.33. The Morgan fingerprint density at radius 1 is 0.486 bits per heavy atom. The lowest BCUT2D eigenvalue weighted by Crippen LogP contribution is -2.09. The molecule has 0 aromatic heterocycles. The van der Waals surface area contributed by atoms with Gasteiger partial charge in [-0.2, -0.15) is 0 Å². The zero-order valence-electron chi connectivity index (χ0n) is 20.9. The zero-order valence-corrected chi connectivity index (χ0v) is 20.9. The Kier molecular flexibility index (Phi) is 9.36. The summed E-state index contributed by atoms with van der Waals surface area (Å²) in [6, 6.07) is 39.0. The fourth-order valence-electron chi connectivity index (χ4n) is 4.44. The lowest BCUT2D eigenvalue weighted by atomic mass is 10.0. The van der Waals surface area contributed by atoms with Crippen LogP contribution >= 0.6 is 0 Å². The normalized spacial score (nSPS) is 11.1. The Hall–Kier alpha value is -3.58. The van der Waals surface area contributed by atoms with E-state index >= 15 is 0 Å². The van der Waals surface area contributed by atoms with Crippen molar-refractivity contribution >= 4 is 29.2 Å². The molecule has 0 saturated carbocycles. The quantitative estimate of drug-likeness (QED) is 0.150. The number of para-hydroxylation sites is 1. The third-order valence-electron chi connectivity index (χ3n) is 6.45. The molecule has 1 heteroatoms. The number of benzene rings is 4. The van der Waals surface area contributed by atoms with Crippen molar-refractivity contribution in [3.05, 3.63) is 126 Å². The van der Waals surface area contributed by atoms with E-state index in [1.54, 1.807) is 0 Å². The first-order valence-electron chi connectivity index (χ1n) is 13.1. The third-order valence-corrected chi connectivity index (χ3v) is 6.45. The standard InChI is InChI=1S/C34H37N/c1-2-3-4-5-6-9-16-30-21-25-33(26-22-30)35(32-17-12-8-13-18-32)34-27-23-31(24-28-34)20-19-29-14-10-7-11-15-29/h7-8,10-15,17-28H,2-6,9,16H2,1H3. The summed E-state index contributed by atoms with van der Waals surface area (Å²) in [5, 5.41) is 0. The molecular formula is C34H37N. The smallest absolute Gasteiger partial charge is 0.0462 e. The van der Waals surface area contributed by atoms with Gasteiger partial charge in [0.05, 0.1) is 0 Å². The number of unbranched alkanes of at least 4 members (excludes halogenated alkanes) is 5. The average molecular weight is 460 g/mol. The molecule has 35 heavy (non-hydrogen) atoms. The summed E-state index contributed by atoms with van der Waals surface area (Å²) in [5.74, 6) is 0. The molecule has 0 saturated heterocycles. The van der Waals surface area contributed by atoms with Gasteiger partial charge in [-0.15, -0.1) is 0 Å². The van der Waals surface area contributed by atoms with Crippen LogP contribution in [0.25, 0.3) is 12.2 Å². The fourth-order valence-corrected chi connectivity index (χ4v) is 4.44. The van der Waals surface area contributed by atoms with Crippen LogP contribution < -0.4 is 4.90 Å². The van der Waals surface area contributed by atoms with Crippen LogP contribution in [0.2, 0.25) is 0 Å². The molecule has 0 aliphatic heterocycles. The van der Waals surface area contributed by atoms with Gasteiger partial charge in [-0.05, 0) is 65.9 Å². The maximum atomic E-state index is 2.33. The molecule has 0 spiro atoms. The van der Waals surface area contributed by atoms with E-state index in [4.69, 9.17) is 0 Å². The highest BCUT2D eigenvalue weighted by Gasteiger charge is 2.12. The summed E-state index contributed by atoms with van der Waals surface area (Å²) >= 11 is 0. The lowest BCUT2D eigenvalue weighted by Gasteiger charge is -2.25. The molecule has 0 bridgehead atoms. The molecule has 0 aliphatic carbocycles. The van der Waals surface area contributed by atoms with E-state index in [-0.39, 0.29) is 0 Å². The Morgan fingerprint density at radius 2 is 0.971 bits per heavy atom. The summed E-state index contributed by atoms with van der Waals surface area (Å²) in [6.45, 7) is 2.28. The van der Waals surface area contributed by atoms with E-state index in [1.807, 2.05) is 6.07 Å². The van der Waals surface area contributed by atoms with E-state index in [1.165, 1.54) is 73.0 Å². The van der Waals surface area contributed by atoms with Crippen LogP contribution in [0.3, 0.4) is 0 Å². The second-order valence-corrected chi connectivity index (χ2v) is 9.19. The van der Waals surface area contributed by atoms with Crippen LogP contribution in [0.5, 0.6) is 0 Å². The number of anilines is 3. The monoisotopic (exact) mass is 459 g/mol. The van der Waals surface area contributed by atoms with E-state index < -0.39 is 0 Å². The highest BCUT2D eigenvalue weighted by atomic mass is 15.1. The van der Waals surface area contributed by atoms with E-state index in [0.29, 0.717) is 0 Å². The van der Waals surface area contributed by atoms with Gasteiger partial charge in [0.25, 0.3) is 0 Å². The minimum Gasteiger partial charge on any atom is -0.311 e. The van der Waals surface area contributed by atoms with Crippen LogP contribution in [0.4, 0.5) is 17.1 Å². The minimum absolute atomic E-state index is 1.16. The second kappa shape index (κ2) is 13.3. The van der Waals surface area contributed by atoms with Crippen molar-refractivity contribution in [2.75, 3.05) is 4.90 Å². The Balaban J connectivity index is 1.48. The lowest BCUT2D eigenvalue weighted by molar-refractivity contribution is 0.607. The van der Waals surface area contributed by atoms with Gasteiger partial charge in [0, 0.05) is 17.1 Å². The molecule has 4 aromatic carbocycles. The third kappa shape index (κ3) is 7.45. The SMILES string of the molecule is CCCCCCCCc1ccc(N(c2ccccc2)c2ccc(C=Cc3ccccc3)cc2)cc1. The van der Waals surface area contributed by atoms with Crippen molar-refractivity contribution in [2.45, 2.75) is 51.9 Å². The maximum Gasteiger partial charge on any atom is 0.0462 e. The minimum atomic E-state index is 1.16. The zero-order chi connectivity index (χ0) is 24.1. The first kappa shape index (κ1) is 24.5. The molecule has 4 aromatic rings. The summed E-state index contributed by atoms with van der Waals surface area (Å²) in [4.78, 5) is 2.33. The van der Waals surface area contributed by atoms with Gasteiger partial charge in [0.1, 0.15) is 0 Å². The molecule has 0 unspecified atom stereocenters. The van der Waals surface area contributed by atoms with Crippen molar-refractivity contribution in [2.24, 2.45) is 0 Å². The van der Waals surface area contributed by atoms with Crippen LogP contribution in [-0.4, -0.2) is 0 Å². The van der Waals surface area contributed by atoms with Crippen molar-refractivity contribution < 1.29 is 0 Å². The number of nitrogens with zero attached hydrogens (tertiary/aromatic N) is 1. The van der Waals surface area contributed by atoms with Crippen LogP contribution in [-0.2, 0) is 6.42 Å². The number of hydrogen-bond acceptors (Lipinski definition) is 1. The molecule has 0 radical (unpaired) electrons. The molecule has 0 amide bonds. The molecule has 0 atom stereocenters. The average Bonchev–Trinajstić information content (AvgIpc) is 2.92. The van der Waals surface area contributed by atoms with Crippen LogP contribution in [0.15, 0.2) is 109 Å². The second-order valence-electron chi connectivity index (χ2n) is 9.19. The van der Waals surface area contributed by atoms with Crippen molar-refractivity contribution in [3.8, 4) is 0 Å². The van der Waals surface area contributed by atoms with Gasteiger partial charge in [-0.3, -0.25) is 0 Å². The molecule has 0 N–H and O–H groups in total. The van der Waals surface area contributed by atoms with Crippen LogP contribution in [0.1, 0.15) is 62.1 Å². The van der Waals surface area contributed by atoms with Gasteiger partial charge in [0.2, 0.25) is 0 Å². The Labute approximate surface area is 211 Å². The molecular weight excluding hydrogens is 422 g/mol. The molecule has 178 valence electrons. The topological polar surface area (TPSA) is 3.24 Å². The van der Waals surface area contributed by atoms with Crippen molar-refractivity contribution in [1.82, 2.24) is 0 Å². The number of aryl methyl sites for hydroxylation is 1. The molecule has 0 fully saturated rings. The highest BCUT2D eigenvalue weighted by Crippen LogP contribution is 2.34. The predicted octanol–water partition coefficient (Wildman–Crippen LogP) is 10.2. The molecule has 1 nitrogen and oxygen atoms in total. The van der Waals surface area contributed by atoms with Crippen molar-refractivity contribution in [3.63, 3.8) is 0 Å². The van der Waals surface area contributed by atoms with E-state index in [0.717, 1.165) is 5.69 Å². The summed E-state index contributed by atoms with van der Waals surface area (Å²) in [5.41, 5.74) is 7.36. The first-order chi connectivity index (χ1) is 17.3. The van der Waals surface area contributed by atoms with Gasteiger partial charge in [0.15, 0.2) is 0 Å². The van der Waals surface area contributed by atoms with Gasteiger partial charge < -0.3 is 4.90 Å². The van der Waals surface area contributed by atoms with Gasteiger partial charge >= 0.3 is 0 Å². The first-order valence-corrected chi connectivity index (χ1v) is 13.1. The molecule has 0 aliphatic rings. The largest absolute Gasteiger partial charge is 0.311 e. The summed E-state index contributed by atoms with van der Waals surface area (Å²) in [7, 11) is 0. The highest BCUT2D eigenvalue weighted by molar-refractivity contribution is 5.78. The fraction of sp³-hybridized carbons (Fsp3) is 0.235. The van der Waals surface area contributed by atoms with E-state index in [9.17, 15) is 0 Å². The Bertz CT molecular complexity index is 1140.